The predicted octanol–water partition coefficient (Wildman–Crippen LogP) is 3.76. The van der Waals surface area contributed by atoms with Gasteiger partial charge in [0.05, 0.1) is 12.5 Å². The minimum absolute atomic E-state index is 0.0633. The fourth-order valence-corrected chi connectivity index (χ4v) is 4.29. The summed E-state index contributed by atoms with van der Waals surface area (Å²) >= 11 is 3.43. The van der Waals surface area contributed by atoms with Crippen LogP contribution < -0.4 is 14.8 Å². The highest BCUT2D eigenvalue weighted by molar-refractivity contribution is 9.10. The Morgan fingerprint density at radius 1 is 1.16 bits per heavy atom. The summed E-state index contributed by atoms with van der Waals surface area (Å²) in [4.78, 5) is 19.5. The third-order valence-corrected chi connectivity index (χ3v) is 6.24. The standard InChI is InChI=1S/C23H23BrN4O4/c24-18-6-4-16(5-7-18)22-26-21(32-27-22)13-28-9-1-2-17(12-28)23(29)25-11-15-3-8-19-20(10-15)31-14-30-19/h3-8,10,17H,1-2,9,11-14H2,(H,25,29). The Bertz CT molecular complexity index is 1100. The molecule has 2 aliphatic rings. The smallest absolute Gasteiger partial charge is 0.241 e. The summed E-state index contributed by atoms with van der Waals surface area (Å²) in [6.07, 6.45) is 1.83. The molecule has 1 aromatic heterocycles. The summed E-state index contributed by atoms with van der Waals surface area (Å²) in [6.45, 7) is 2.82. The minimum atomic E-state index is -0.0633. The van der Waals surface area contributed by atoms with E-state index in [1.165, 1.54) is 0 Å². The summed E-state index contributed by atoms with van der Waals surface area (Å²) < 4.78 is 17.2. The predicted molar refractivity (Wildman–Crippen MR) is 120 cm³/mol. The second-order valence-electron chi connectivity index (χ2n) is 8.00. The van der Waals surface area contributed by atoms with Crippen LogP contribution in [0.1, 0.15) is 24.3 Å². The van der Waals surface area contributed by atoms with Crippen LogP contribution in [0.4, 0.5) is 0 Å². The van der Waals surface area contributed by atoms with Gasteiger partial charge in [-0.2, -0.15) is 4.98 Å². The number of nitrogens with one attached hydrogen (secondary N) is 1. The number of likely N-dealkylation sites (tertiary alicyclic amines) is 1. The van der Waals surface area contributed by atoms with Crippen molar-refractivity contribution in [2.24, 2.45) is 5.92 Å². The molecule has 0 aliphatic carbocycles. The summed E-state index contributed by atoms with van der Waals surface area (Å²) in [5, 5.41) is 7.15. The molecule has 1 amide bonds. The van der Waals surface area contributed by atoms with Crippen molar-refractivity contribution >= 4 is 21.8 Å². The zero-order chi connectivity index (χ0) is 21.9. The zero-order valence-corrected chi connectivity index (χ0v) is 19.0. The first kappa shape index (κ1) is 21.0. The fourth-order valence-electron chi connectivity index (χ4n) is 4.02. The quantitative estimate of drug-likeness (QED) is 0.553. The van der Waals surface area contributed by atoms with E-state index >= 15 is 0 Å². The van der Waals surface area contributed by atoms with Crippen molar-refractivity contribution in [3.8, 4) is 22.9 Å². The molecule has 9 heteroatoms. The molecule has 166 valence electrons. The van der Waals surface area contributed by atoms with E-state index in [0.29, 0.717) is 31.3 Å². The number of hydrogen-bond acceptors (Lipinski definition) is 7. The fraction of sp³-hybridized carbons (Fsp3) is 0.348. The molecule has 0 bridgehead atoms. The van der Waals surface area contributed by atoms with Crippen LogP contribution in [0.25, 0.3) is 11.4 Å². The van der Waals surface area contributed by atoms with Crippen molar-refractivity contribution in [3.05, 3.63) is 58.4 Å². The number of carbonyl (C=O) groups excluding carboxylic acids is 1. The largest absolute Gasteiger partial charge is 0.454 e. The van der Waals surface area contributed by atoms with Crippen molar-refractivity contribution in [1.82, 2.24) is 20.4 Å². The lowest BCUT2D eigenvalue weighted by atomic mass is 9.97. The van der Waals surface area contributed by atoms with Crippen molar-refractivity contribution in [2.75, 3.05) is 19.9 Å². The van der Waals surface area contributed by atoms with Crippen LogP contribution >= 0.6 is 15.9 Å². The van der Waals surface area contributed by atoms with Gasteiger partial charge in [-0.1, -0.05) is 27.2 Å². The van der Waals surface area contributed by atoms with Gasteiger partial charge in [0.1, 0.15) is 0 Å². The maximum atomic E-state index is 12.8. The summed E-state index contributed by atoms with van der Waals surface area (Å²) in [5.41, 5.74) is 1.89. The number of aromatic nitrogens is 2. The lowest BCUT2D eigenvalue weighted by molar-refractivity contribution is -0.127. The number of benzene rings is 2. The molecule has 0 spiro atoms. The highest BCUT2D eigenvalue weighted by atomic mass is 79.9. The number of fused-ring (bicyclic) bond motifs is 1. The third-order valence-electron chi connectivity index (χ3n) is 5.71. The topological polar surface area (TPSA) is 89.7 Å². The summed E-state index contributed by atoms with van der Waals surface area (Å²) in [5.74, 6) is 2.60. The Morgan fingerprint density at radius 2 is 2.00 bits per heavy atom. The number of carbonyl (C=O) groups is 1. The first-order chi connectivity index (χ1) is 15.6. The Hall–Kier alpha value is -2.91. The number of nitrogens with zero attached hydrogens (tertiary/aromatic N) is 3. The highest BCUT2D eigenvalue weighted by Crippen LogP contribution is 2.32. The molecule has 0 radical (unpaired) electrons. The Kier molecular flexibility index (Phi) is 6.09. The zero-order valence-electron chi connectivity index (χ0n) is 17.4. The van der Waals surface area contributed by atoms with Gasteiger partial charge in [0.25, 0.3) is 0 Å². The van der Waals surface area contributed by atoms with Crippen molar-refractivity contribution in [1.29, 1.82) is 0 Å². The Balaban J connectivity index is 1.15. The number of amides is 1. The SMILES string of the molecule is O=C(NCc1ccc2c(c1)OCO2)C1CCCN(Cc2nc(-c3ccc(Br)cc3)no2)C1. The molecule has 3 aromatic rings. The van der Waals surface area contributed by atoms with E-state index in [1.807, 2.05) is 42.5 Å². The Morgan fingerprint density at radius 3 is 2.88 bits per heavy atom. The van der Waals surface area contributed by atoms with Gasteiger partial charge in [-0.25, -0.2) is 0 Å². The summed E-state index contributed by atoms with van der Waals surface area (Å²) in [6, 6.07) is 13.5. The number of piperidine rings is 1. The first-order valence-electron chi connectivity index (χ1n) is 10.6. The number of ether oxygens (including phenoxy) is 2. The van der Waals surface area contributed by atoms with Gasteiger partial charge in [0.2, 0.25) is 24.4 Å². The van der Waals surface area contributed by atoms with E-state index < -0.39 is 0 Å². The van der Waals surface area contributed by atoms with E-state index in [2.05, 4.69) is 36.3 Å². The molecule has 8 nitrogen and oxygen atoms in total. The van der Waals surface area contributed by atoms with E-state index in [1.54, 1.807) is 0 Å². The van der Waals surface area contributed by atoms with Gasteiger partial charge in [0, 0.05) is 23.1 Å². The third kappa shape index (κ3) is 4.78. The molecule has 5 rings (SSSR count). The monoisotopic (exact) mass is 498 g/mol. The maximum absolute atomic E-state index is 12.8. The number of rotatable bonds is 6. The molecule has 32 heavy (non-hydrogen) atoms. The van der Waals surface area contributed by atoms with Gasteiger partial charge >= 0.3 is 0 Å². The van der Waals surface area contributed by atoms with Crippen molar-refractivity contribution in [2.45, 2.75) is 25.9 Å². The molecule has 1 N–H and O–H groups in total. The van der Waals surface area contributed by atoms with Crippen LogP contribution in [0.15, 0.2) is 51.5 Å². The molecule has 3 heterocycles. The highest BCUT2D eigenvalue weighted by Gasteiger charge is 2.27. The molecule has 1 unspecified atom stereocenters. The molecule has 2 aromatic carbocycles. The van der Waals surface area contributed by atoms with Gasteiger partial charge in [-0.05, 0) is 61.3 Å². The lowest BCUT2D eigenvalue weighted by Gasteiger charge is -2.30. The van der Waals surface area contributed by atoms with Crippen LogP contribution in [0.5, 0.6) is 11.5 Å². The normalized spacial score (nSPS) is 18.0. The van der Waals surface area contributed by atoms with Crippen LogP contribution in [-0.4, -0.2) is 40.8 Å². The lowest BCUT2D eigenvalue weighted by Crippen LogP contribution is -2.42. The van der Waals surface area contributed by atoms with E-state index in [0.717, 1.165) is 46.5 Å². The minimum Gasteiger partial charge on any atom is -0.454 e. The second-order valence-corrected chi connectivity index (χ2v) is 8.91. The van der Waals surface area contributed by atoms with Gasteiger partial charge in [0.15, 0.2) is 11.5 Å². The molecule has 1 fully saturated rings. The van der Waals surface area contributed by atoms with Crippen molar-refractivity contribution in [3.63, 3.8) is 0 Å². The van der Waals surface area contributed by atoms with Gasteiger partial charge < -0.3 is 19.3 Å². The Labute approximate surface area is 194 Å². The summed E-state index contributed by atoms with van der Waals surface area (Å²) in [7, 11) is 0. The second kappa shape index (κ2) is 9.30. The van der Waals surface area contributed by atoms with Gasteiger partial charge in [-0.15, -0.1) is 0 Å². The van der Waals surface area contributed by atoms with Crippen molar-refractivity contribution < 1.29 is 18.8 Å². The average Bonchev–Trinajstić information content (AvgIpc) is 3.47. The molecule has 1 atom stereocenters. The van der Waals surface area contributed by atoms with Crippen LogP contribution in [0.2, 0.25) is 0 Å². The number of hydrogen-bond donors (Lipinski definition) is 1. The first-order valence-corrected chi connectivity index (χ1v) is 11.4. The molecule has 1 saturated heterocycles. The molecular formula is C23H23BrN4O4. The van der Waals surface area contributed by atoms with Crippen LogP contribution in [-0.2, 0) is 17.9 Å². The molecule has 0 saturated carbocycles. The van der Waals surface area contributed by atoms with Gasteiger partial charge in [-0.3, -0.25) is 9.69 Å². The molecule has 2 aliphatic heterocycles. The van der Waals surface area contributed by atoms with Crippen LogP contribution in [0.3, 0.4) is 0 Å². The van der Waals surface area contributed by atoms with E-state index in [9.17, 15) is 4.79 Å². The average molecular weight is 499 g/mol. The van der Waals surface area contributed by atoms with E-state index in [-0.39, 0.29) is 18.6 Å². The maximum Gasteiger partial charge on any atom is 0.241 e. The van der Waals surface area contributed by atoms with E-state index in [4.69, 9.17) is 14.0 Å². The number of halogens is 1. The van der Waals surface area contributed by atoms with Crippen LogP contribution in [0, 0.1) is 5.92 Å². The molecular weight excluding hydrogens is 476 g/mol.